The van der Waals surface area contributed by atoms with Crippen LogP contribution in [0.3, 0.4) is 0 Å². The van der Waals surface area contributed by atoms with Gasteiger partial charge in [0.25, 0.3) is 5.91 Å². The van der Waals surface area contributed by atoms with Gasteiger partial charge in [0.05, 0.1) is 11.2 Å². The fraction of sp³-hybridized carbons (Fsp3) is 0.552. The first kappa shape index (κ1) is 23.9. The van der Waals surface area contributed by atoms with Crippen LogP contribution >= 0.6 is 11.3 Å². The first-order valence-corrected chi connectivity index (χ1v) is 14.6. The molecule has 1 saturated heterocycles. The molecule has 1 aromatic carbocycles. The number of benzene rings is 1. The van der Waals surface area contributed by atoms with E-state index >= 15 is 0 Å². The molecule has 2 aromatic heterocycles. The number of thiazole rings is 1. The SMILES string of the molecule is CC1CCCN1c1nc2c(s1)CCN(CCC1CCC(NC(=O)c3cccc4ncccc34)CC1)C2. The van der Waals surface area contributed by atoms with Gasteiger partial charge < -0.3 is 10.2 Å². The zero-order chi connectivity index (χ0) is 24.5. The monoisotopic (exact) mass is 503 g/mol. The Morgan fingerprint density at radius 3 is 2.83 bits per heavy atom. The van der Waals surface area contributed by atoms with Crippen molar-refractivity contribution in [2.24, 2.45) is 5.92 Å². The molecule has 1 atom stereocenters. The second-order valence-corrected chi connectivity index (χ2v) is 12.0. The van der Waals surface area contributed by atoms with Crippen LogP contribution in [0.15, 0.2) is 36.5 Å². The lowest BCUT2D eigenvalue weighted by atomic mass is 9.84. The van der Waals surface area contributed by atoms with E-state index in [2.05, 4.69) is 27.0 Å². The minimum absolute atomic E-state index is 0.0344. The molecule has 1 N–H and O–H groups in total. The molecule has 190 valence electrons. The van der Waals surface area contributed by atoms with E-state index in [-0.39, 0.29) is 11.9 Å². The van der Waals surface area contributed by atoms with Gasteiger partial charge in [0.2, 0.25) is 0 Å². The molecule has 6 nitrogen and oxygen atoms in total. The summed E-state index contributed by atoms with van der Waals surface area (Å²) < 4.78 is 0. The summed E-state index contributed by atoms with van der Waals surface area (Å²) in [6, 6.07) is 10.6. The van der Waals surface area contributed by atoms with E-state index in [1.54, 1.807) is 6.20 Å². The van der Waals surface area contributed by atoms with Gasteiger partial charge in [-0.15, -0.1) is 11.3 Å². The van der Waals surface area contributed by atoms with Gasteiger partial charge in [0.1, 0.15) is 0 Å². The van der Waals surface area contributed by atoms with Crippen LogP contribution in [0.1, 0.15) is 72.8 Å². The van der Waals surface area contributed by atoms with Crippen LogP contribution in [-0.4, -0.2) is 52.5 Å². The second-order valence-electron chi connectivity index (χ2n) is 10.9. The maximum Gasteiger partial charge on any atom is 0.252 e. The molecule has 1 unspecified atom stereocenters. The van der Waals surface area contributed by atoms with E-state index in [0.717, 1.165) is 61.3 Å². The third-order valence-corrected chi connectivity index (χ3v) is 9.71. The molecule has 1 aliphatic carbocycles. The molecule has 1 amide bonds. The van der Waals surface area contributed by atoms with E-state index in [9.17, 15) is 4.79 Å². The molecular weight excluding hydrogens is 466 g/mol. The number of pyridine rings is 1. The van der Waals surface area contributed by atoms with Crippen molar-refractivity contribution in [1.82, 2.24) is 20.2 Å². The van der Waals surface area contributed by atoms with Crippen LogP contribution in [0.2, 0.25) is 0 Å². The Morgan fingerprint density at radius 1 is 1.11 bits per heavy atom. The summed E-state index contributed by atoms with van der Waals surface area (Å²) in [6.45, 7) is 6.84. The van der Waals surface area contributed by atoms with Crippen LogP contribution in [0.25, 0.3) is 10.9 Å². The number of rotatable bonds is 6. The molecule has 0 bridgehead atoms. The molecular formula is C29H37N5OS. The minimum Gasteiger partial charge on any atom is -0.349 e. The maximum absolute atomic E-state index is 13.0. The van der Waals surface area contributed by atoms with Crippen molar-refractivity contribution in [3.8, 4) is 0 Å². The van der Waals surface area contributed by atoms with Crippen LogP contribution in [0, 0.1) is 5.92 Å². The predicted octanol–water partition coefficient (Wildman–Crippen LogP) is 5.42. The zero-order valence-corrected chi connectivity index (χ0v) is 22.1. The van der Waals surface area contributed by atoms with Crippen LogP contribution in [0.5, 0.6) is 0 Å². The number of anilines is 1. The van der Waals surface area contributed by atoms with Crippen molar-refractivity contribution in [3.05, 3.63) is 52.7 Å². The lowest BCUT2D eigenvalue weighted by molar-refractivity contribution is 0.0921. The highest BCUT2D eigenvalue weighted by atomic mass is 32.1. The average molecular weight is 504 g/mol. The molecule has 2 fully saturated rings. The van der Waals surface area contributed by atoms with E-state index < -0.39 is 0 Å². The number of fused-ring (bicyclic) bond motifs is 2. The molecule has 1 saturated carbocycles. The van der Waals surface area contributed by atoms with Crippen molar-refractivity contribution >= 4 is 33.3 Å². The fourth-order valence-corrected chi connectivity index (χ4v) is 7.48. The predicted molar refractivity (Wildman–Crippen MR) is 147 cm³/mol. The quantitative estimate of drug-likeness (QED) is 0.487. The molecule has 4 heterocycles. The number of hydrogen-bond donors (Lipinski definition) is 1. The summed E-state index contributed by atoms with van der Waals surface area (Å²) in [5.74, 6) is 0.796. The molecule has 6 rings (SSSR count). The van der Waals surface area contributed by atoms with E-state index in [0.29, 0.717) is 6.04 Å². The number of nitrogens with zero attached hydrogens (tertiary/aromatic N) is 4. The smallest absolute Gasteiger partial charge is 0.252 e. The molecule has 2 aliphatic heterocycles. The summed E-state index contributed by atoms with van der Waals surface area (Å²) in [4.78, 5) is 29.1. The molecule has 3 aliphatic rings. The molecule has 36 heavy (non-hydrogen) atoms. The summed E-state index contributed by atoms with van der Waals surface area (Å²) in [5, 5.41) is 5.49. The van der Waals surface area contributed by atoms with Gasteiger partial charge in [0, 0.05) is 53.7 Å². The van der Waals surface area contributed by atoms with Crippen molar-refractivity contribution in [2.45, 2.75) is 76.9 Å². The lowest BCUT2D eigenvalue weighted by Crippen LogP contribution is -2.38. The van der Waals surface area contributed by atoms with Gasteiger partial charge in [0.15, 0.2) is 5.13 Å². The topological polar surface area (TPSA) is 61.4 Å². The van der Waals surface area contributed by atoms with Gasteiger partial charge in [-0.1, -0.05) is 12.1 Å². The molecule has 0 spiro atoms. The largest absolute Gasteiger partial charge is 0.349 e. The highest BCUT2D eigenvalue weighted by Crippen LogP contribution is 2.35. The molecule has 7 heteroatoms. The Labute approximate surface area is 218 Å². The number of amides is 1. The summed E-state index contributed by atoms with van der Waals surface area (Å²) in [6.07, 6.45) is 11.3. The van der Waals surface area contributed by atoms with Crippen LogP contribution < -0.4 is 10.2 Å². The van der Waals surface area contributed by atoms with Crippen molar-refractivity contribution in [3.63, 3.8) is 0 Å². The van der Waals surface area contributed by atoms with Crippen molar-refractivity contribution < 1.29 is 4.79 Å². The van der Waals surface area contributed by atoms with Gasteiger partial charge in [-0.25, -0.2) is 4.98 Å². The minimum atomic E-state index is 0.0344. The zero-order valence-electron chi connectivity index (χ0n) is 21.3. The van der Waals surface area contributed by atoms with Crippen LogP contribution in [-0.2, 0) is 13.0 Å². The Balaban J connectivity index is 0.969. The summed E-state index contributed by atoms with van der Waals surface area (Å²) >= 11 is 1.94. The summed E-state index contributed by atoms with van der Waals surface area (Å²) in [7, 11) is 0. The van der Waals surface area contributed by atoms with Gasteiger partial charge in [-0.05, 0) is 89.0 Å². The number of hydrogen-bond acceptors (Lipinski definition) is 6. The number of carbonyl (C=O) groups is 1. The molecule has 3 aromatic rings. The third kappa shape index (κ3) is 5.00. The number of nitrogens with one attached hydrogen (secondary N) is 1. The van der Waals surface area contributed by atoms with E-state index in [4.69, 9.17) is 4.98 Å². The van der Waals surface area contributed by atoms with Gasteiger partial charge in [-0.3, -0.25) is 14.7 Å². The highest BCUT2D eigenvalue weighted by Gasteiger charge is 2.28. The van der Waals surface area contributed by atoms with Crippen LogP contribution in [0.4, 0.5) is 5.13 Å². The normalized spacial score (nSPS) is 24.7. The Morgan fingerprint density at radius 2 is 2.00 bits per heavy atom. The van der Waals surface area contributed by atoms with E-state index in [1.807, 2.05) is 41.7 Å². The molecule has 0 radical (unpaired) electrons. The number of aromatic nitrogens is 2. The maximum atomic E-state index is 13.0. The third-order valence-electron chi connectivity index (χ3n) is 8.52. The van der Waals surface area contributed by atoms with Crippen molar-refractivity contribution in [2.75, 3.05) is 24.5 Å². The first-order chi connectivity index (χ1) is 17.6. The van der Waals surface area contributed by atoms with Gasteiger partial charge in [-0.2, -0.15) is 0 Å². The lowest BCUT2D eigenvalue weighted by Gasteiger charge is -2.32. The van der Waals surface area contributed by atoms with E-state index in [1.165, 1.54) is 54.4 Å². The fourth-order valence-electron chi connectivity index (χ4n) is 6.30. The second kappa shape index (κ2) is 10.5. The Hall–Kier alpha value is -2.51. The van der Waals surface area contributed by atoms with Gasteiger partial charge >= 0.3 is 0 Å². The average Bonchev–Trinajstić information content (AvgIpc) is 3.53. The Bertz CT molecular complexity index is 1210. The highest BCUT2D eigenvalue weighted by molar-refractivity contribution is 7.15. The first-order valence-electron chi connectivity index (χ1n) is 13.8. The summed E-state index contributed by atoms with van der Waals surface area (Å²) in [5.41, 5.74) is 2.94. The standard InChI is InChI=1S/C29H37N5OS/c1-20-5-4-16-34(20)29-32-26-19-33(18-14-27(26)36-29)17-13-21-9-11-22(12-10-21)31-28(35)24-6-2-8-25-23(24)7-3-15-30-25/h2-3,6-8,15,20-22H,4-5,9-14,16-19H2,1H3,(H,31,35). The number of carbonyl (C=O) groups excluding carboxylic acids is 1. The Kier molecular flexibility index (Phi) is 6.94. The van der Waals surface area contributed by atoms with Crippen molar-refractivity contribution in [1.29, 1.82) is 0 Å².